The van der Waals surface area contributed by atoms with Crippen LogP contribution in [0.1, 0.15) is 5.69 Å². The topological polar surface area (TPSA) is 79.4 Å². The van der Waals surface area contributed by atoms with Gasteiger partial charge in [-0.2, -0.15) is 0 Å². The van der Waals surface area contributed by atoms with E-state index in [1.807, 2.05) is 60.7 Å². The van der Waals surface area contributed by atoms with E-state index in [4.69, 9.17) is 9.72 Å². The van der Waals surface area contributed by atoms with E-state index in [9.17, 15) is 4.79 Å². The van der Waals surface area contributed by atoms with Gasteiger partial charge in [-0.25, -0.2) is 9.78 Å². The average molecular weight is 516 g/mol. The molecule has 2 aromatic heterocycles. The lowest BCUT2D eigenvalue weighted by molar-refractivity contribution is 0.0564. The first-order valence-electron chi connectivity index (χ1n) is 13.1. The van der Waals surface area contributed by atoms with Crippen LogP contribution >= 0.6 is 0 Å². The second-order valence-corrected chi connectivity index (χ2v) is 9.41. The number of anilines is 2. The van der Waals surface area contributed by atoms with Crippen LogP contribution < -0.4 is 10.6 Å². The maximum absolute atomic E-state index is 12.8. The molecule has 0 spiro atoms. The molecule has 0 saturated carbocycles. The van der Waals surface area contributed by atoms with Crippen LogP contribution in [-0.2, 0) is 11.3 Å². The third-order valence-electron chi connectivity index (χ3n) is 6.81. The number of hydrogen-bond donors (Lipinski definition) is 2. The van der Waals surface area contributed by atoms with Gasteiger partial charge in [0.05, 0.1) is 31.1 Å². The molecule has 0 unspecified atom stereocenters. The van der Waals surface area contributed by atoms with E-state index in [-0.39, 0.29) is 6.03 Å². The van der Waals surface area contributed by atoms with Gasteiger partial charge in [-0.15, -0.1) is 0 Å². The minimum absolute atomic E-state index is 0.118. The summed E-state index contributed by atoms with van der Waals surface area (Å²) in [6.07, 6.45) is 1.80. The number of nitrogens with zero attached hydrogens (tertiary/aromatic N) is 3. The predicted octanol–water partition coefficient (Wildman–Crippen LogP) is 6.44. The van der Waals surface area contributed by atoms with Gasteiger partial charge in [-0.1, -0.05) is 66.7 Å². The summed E-state index contributed by atoms with van der Waals surface area (Å²) in [7, 11) is 0. The molecule has 194 valence electrons. The number of ether oxygens (including phenoxy) is 1. The van der Waals surface area contributed by atoms with Gasteiger partial charge < -0.3 is 20.3 Å². The molecule has 7 nitrogen and oxygen atoms in total. The van der Waals surface area contributed by atoms with Crippen molar-refractivity contribution in [1.29, 1.82) is 0 Å². The van der Waals surface area contributed by atoms with Crippen LogP contribution in [0, 0.1) is 0 Å². The average Bonchev–Trinajstić information content (AvgIpc) is 3.01. The largest absolute Gasteiger partial charge is 0.378 e. The van der Waals surface area contributed by atoms with E-state index in [2.05, 4.69) is 52.0 Å². The lowest BCUT2D eigenvalue weighted by atomic mass is 9.97. The summed E-state index contributed by atoms with van der Waals surface area (Å²) in [6, 6.07) is 32.4. The fraction of sp³-hybridized carbons (Fsp3) is 0.156. The highest BCUT2D eigenvalue weighted by atomic mass is 16.5. The van der Waals surface area contributed by atoms with Gasteiger partial charge in [0.1, 0.15) is 5.82 Å². The number of morpholine rings is 1. The number of carbonyl (C=O) groups is 1. The molecule has 1 fully saturated rings. The fourth-order valence-corrected chi connectivity index (χ4v) is 4.85. The van der Waals surface area contributed by atoms with E-state index in [0.717, 1.165) is 50.4 Å². The second-order valence-electron chi connectivity index (χ2n) is 9.41. The maximum Gasteiger partial charge on any atom is 0.321 e. The monoisotopic (exact) mass is 515 g/mol. The van der Waals surface area contributed by atoms with E-state index >= 15 is 0 Å². The highest BCUT2D eigenvalue weighted by molar-refractivity contribution is 6.05. The maximum atomic E-state index is 12.8. The molecule has 2 N–H and O–H groups in total. The van der Waals surface area contributed by atoms with Crippen LogP contribution in [0.25, 0.3) is 33.2 Å². The molecule has 0 radical (unpaired) electrons. The number of aromatic nitrogens is 2. The summed E-state index contributed by atoms with van der Waals surface area (Å²) in [5.41, 5.74) is 5.64. The lowest BCUT2D eigenvalue weighted by Gasteiger charge is -2.27. The van der Waals surface area contributed by atoms with Crippen LogP contribution in [0.5, 0.6) is 0 Å². The number of fused-ring (bicyclic) bond motifs is 1. The smallest absolute Gasteiger partial charge is 0.321 e. The van der Waals surface area contributed by atoms with Crippen LogP contribution in [0.15, 0.2) is 103 Å². The molecule has 3 heterocycles. The SMILES string of the molecule is O=C(Nc1cccc(-c2cc3cccc(-c4ccccc4)c3c(NCc3ccccn3)n2)c1)N1CCOCC1. The molecule has 1 saturated heterocycles. The Labute approximate surface area is 227 Å². The van der Waals surface area contributed by atoms with Crippen molar-refractivity contribution in [1.82, 2.24) is 14.9 Å². The quantitative estimate of drug-likeness (QED) is 0.272. The lowest BCUT2D eigenvalue weighted by Crippen LogP contribution is -2.43. The molecule has 1 aliphatic heterocycles. The normalized spacial score (nSPS) is 13.3. The third kappa shape index (κ3) is 5.58. The van der Waals surface area contributed by atoms with Crippen molar-refractivity contribution in [3.05, 3.63) is 109 Å². The molecule has 0 bridgehead atoms. The Kier molecular flexibility index (Phi) is 7.14. The van der Waals surface area contributed by atoms with Crippen molar-refractivity contribution in [2.45, 2.75) is 6.54 Å². The zero-order chi connectivity index (χ0) is 26.4. The van der Waals surface area contributed by atoms with Crippen molar-refractivity contribution < 1.29 is 9.53 Å². The standard InChI is InChI=1S/C32H29N5O2/c38-32(37-16-18-39-19-17-37)35-26-13-6-10-24(20-26)29-21-25-11-7-14-28(23-8-2-1-3-9-23)30(25)31(36-29)34-22-27-12-4-5-15-33-27/h1-15,20-21H,16-19,22H2,(H,34,36)(H,35,38). The first kappa shape index (κ1) is 24.6. The summed E-state index contributed by atoms with van der Waals surface area (Å²) in [4.78, 5) is 24.1. The van der Waals surface area contributed by atoms with Gasteiger partial charge in [0.25, 0.3) is 0 Å². The summed E-state index contributed by atoms with van der Waals surface area (Å²) < 4.78 is 5.37. The number of rotatable bonds is 6. The van der Waals surface area contributed by atoms with Crippen molar-refractivity contribution in [2.75, 3.05) is 36.9 Å². The summed E-state index contributed by atoms with van der Waals surface area (Å²) in [6.45, 7) is 2.85. The van der Waals surface area contributed by atoms with E-state index in [1.165, 1.54) is 0 Å². The Bertz CT molecular complexity index is 1590. The van der Waals surface area contributed by atoms with Crippen molar-refractivity contribution >= 4 is 28.3 Å². The number of hydrogen-bond acceptors (Lipinski definition) is 5. The Balaban J connectivity index is 1.38. The molecule has 2 amide bonds. The van der Waals surface area contributed by atoms with Gasteiger partial charge in [-0.3, -0.25) is 4.98 Å². The van der Waals surface area contributed by atoms with Crippen LogP contribution in [-0.4, -0.2) is 47.2 Å². The minimum atomic E-state index is -0.118. The van der Waals surface area contributed by atoms with Crippen LogP contribution in [0.4, 0.5) is 16.3 Å². The van der Waals surface area contributed by atoms with Crippen molar-refractivity contribution in [2.24, 2.45) is 0 Å². The fourth-order valence-electron chi connectivity index (χ4n) is 4.85. The third-order valence-corrected chi connectivity index (χ3v) is 6.81. The van der Waals surface area contributed by atoms with E-state index in [0.29, 0.717) is 32.8 Å². The minimum Gasteiger partial charge on any atom is -0.378 e. The number of pyridine rings is 2. The van der Waals surface area contributed by atoms with Crippen LogP contribution in [0.2, 0.25) is 0 Å². The van der Waals surface area contributed by atoms with Gasteiger partial charge in [0, 0.05) is 35.9 Å². The molecule has 0 aliphatic carbocycles. The number of amides is 2. The van der Waals surface area contributed by atoms with Gasteiger partial charge in [-0.05, 0) is 46.8 Å². The molecule has 1 aliphatic rings. The van der Waals surface area contributed by atoms with Crippen molar-refractivity contribution in [3.8, 4) is 22.4 Å². The second kappa shape index (κ2) is 11.3. The molecule has 0 atom stereocenters. The van der Waals surface area contributed by atoms with E-state index in [1.54, 1.807) is 11.1 Å². The number of benzene rings is 3. The Morgan fingerprint density at radius 1 is 0.846 bits per heavy atom. The highest BCUT2D eigenvalue weighted by Crippen LogP contribution is 2.36. The first-order valence-corrected chi connectivity index (χ1v) is 13.1. The van der Waals surface area contributed by atoms with Gasteiger partial charge >= 0.3 is 6.03 Å². The Morgan fingerprint density at radius 2 is 1.64 bits per heavy atom. The highest BCUT2D eigenvalue weighted by Gasteiger charge is 2.17. The predicted molar refractivity (Wildman–Crippen MR) is 156 cm³/mol. The van der Waals surface area contributed by atoms with Crippen LogP contribution in [0.3, 0.4) is 0 Å². The molecule has 6 rings (SSSR count). The summed E-state index contributed by atoms with van der Waals surface area (Å²) in [5, 5.41) is 8.72. The van der Waals surface area contributed by atoms with Gasteiger partial charge in [0.2, 0.25) is 0 Å². The zero-order valence-electron chi connectivity index (χ0n) is 21.5. The van der Waals surface area contributed by atoms with Gasteiger partial charge in [0.15, 0.2) is 0 Å². The van der Waals surface area contributed by atoms with E-state index < -0.39 is 0 Å². The molecular formula is C32H29N5O2. The zero-order valence-corrected chi connectivity index (χ0v) is 21.5. The number of nitrogens with one attached hydrogen (secondary N) is 2. The summed E-state index contributed by atoms with van der Waals surface area (Å²) >= 11 is 0. The van der Waals surface area contributed by atoms with Crippen molar-refractivity contribution in [3.63, 3.8) is 0 Å². The molecule has 7 heteroatoms. The summed E-state index contributed by atoms with van der Waals surface area (Å²) in [5.74, 6) is 0.787. The molecule has 3 aromatic carbocycles. The molecule has 39 heavy (non-hydrogen) atoms. The first-order chi connectivity index (χ1) is 19.2. The molecular weight excluding hydrogens is 486 g/mol. The Morgan fingerprint density at radius 3 is 2.46 bits per heavy atom. The Hall–Kier alpha value is -4.75. The number of urea groups is 1. The number of carbonyl (C=O) groups excluding carboxylic acids is 1. The molecule has 5 aromatic rings.